The Balaban J connectivity index is 2.36. The number of hydrogen-bond acceptors (Lipinski definition) is 8. The Labute approximate surface area is 155 Å². The lowest BCUT2D eigenvalue weighted by Crippen LogP contribution is -2.44. The van der Waals surface area contributed by atoms with E-state index in [0.29, 0.717) is 23.2 Å². The number of aromatic nitrogens is 1. The van der Waals surface area contributed by atoms with Crippen molar-refractivity contribution in [2.45, 2.75) is 19.4 Å². The van der Waals surface area contributed by atoms with E-state index in [0.717, 1.165) is 5.56 Å². The maximum atomic E-state index is 11.5. The summed E-state index contributed by atoms with van der Waals surface area (Å²) in [6.07, 6.45) is 3.53. The van der Waals surface area contributed by atoms with Crippen LogP contribution in [0.5, 0.6) is 0 Å². The van der Waals surface area contributed by atoms with Crippen LogP contribution >= 0.6 is 11.6 Å². The van der Waals surface area contributed by atoms with E-state index in [9.17, 15) is 14.9 Å². The first-order chi connectivity index (χ1) is 12.4. The number of rotatable bonds is 6. The molecule has 1 aromatic heterocycles. The fraction of sp³-hybridized carbons (Fsp3) is 0.375. The number of nitrogens with one attached hydrogen (secondary N) is 2. The summed E-state index contributed by atoms with van der Waals surface area (Å²) in [4.78, 5) is 28.1. The van der Waals surface area contributed by atoms with Crippen LogP contribution in [0.4, 0.5) is 0 Å². The highest BCUT2D eigenvalue weighted by atomic mass is 35.5. The van der Waals surface area contributed by atoms with Gasteiger partial charge >= 0.3 is 11.7 Å². The molecule has 1 unspecified atom stereocenters. The summed E-state index contributed by atoms with van der Waals surface area (Å²) in [5.74, 6) is 0.136. The third-order valence-electron chi connectivity index (χ3n) is 3.96. The third kappa shape index (κ3) is 4.42. The molecule has 2 N–H and O–H groups in total. The van der Waals surface area contributed by atoms with E-state index < -0.39 is 10.9 Å². The normalized spacial score (nSPS) is 16.9. The molecule has 0 aromatic carbocycles. The van der Waals surface area contributed by atoms with Crippen LogP contribution in [0.3, 0.4) is 0 Å². The minimum Gasteiger partial charge on any atom is -0.466 e. The van der Waals surface area contributed by atoms with Gasteiger partial charge in [0.1, 0.15) is 17.5 Å². The molecule has 1 atom stereocenters. The molecule has 0 spiro atoms. The Hall–Kier alpha value is -2.81. The van der Waals surface area contributed by atoms with Crippen molar-refractivity contribution in [1.82, 2.24) is 20.5 Å². The standard InChI is InChI=1S/C16H20ClN5O4/c1-4-11(10-5-6-13(17)18-8-10)20-16-12(22(24)25)9-19-14(21(16)2)7-15(23)26-3/h5-8,11,19-20H,4,9H2,1-3H3/b14-7+. The molecule has 0 bridgehead atoms. The van der Waals surface area contributed by atoms with Crippen molar-refractivity contribution < 1.29 is 14.5 Å². The molecule has 0 radical (unpaired) electrons. The maximum absolute atomic E-state index is 11.5. The van der Waals surface area contributed by atoms with E-state index in [4.69, 9.17) is 11.6 Å². The Kier molecular flexibility index (Phi) is 6.40. The molecule has 2 heterocycles. The summed E-state index contributed by atoms with van der Waals surface area (Å²) in [5, 5.41) is 17.9. The van der Waals surface area contributed by atoms with Gasteiger partial charge in [0.2, 0.25) is 0 Å². The zero-order valence-corrected chi connectivity index (χ0v) is 15.4. The molecule has 1 aliphatic rings. The van der Waals surface area contributed by atoms with Crippen LogP contribution in [-0.4, -0.2) is 41.5 Å². The van der Waals surface area contributed by atoms with Gasteiger partial charge in [-0.3, -0.25) is 10.1 Å². The number of methoxy groups -OCH3 is 1. The van der Waals surface area contributed by atoms with Gasteiger partial charge in [0.25, 0.3) is 0 Å². The molecule has 26 heavy (non-hydrogen) atoms. The van der Waals surface area contributed by atoms with Gasteiger partial charge in [-0.1, -0.05) is 24.6 Å². The molecule has 0 fully saturated rings. The topological polar surface area (TPSA) is 110 Å². The highest BCUT2D eigenvalue weighted by Crippen LogP contribution is 2.24. The van der Waals surface area contributed by atoms with Crippen LogP contribution in [0.1, 0.15) is 24.9 Å². The lowest BCUT2D eigenvalue weighted by atomic mass is 10.1. The number of ether oxygens (including phenoxy) is 1. The lowest BCUT2D eigenvalue weighted by molar-refractivity contribution is -0.429. The van der Waals surface area contributed by atoms with E-state index in [1.54, 1.807) is 19.3 Å². The summed E-state index contributed by atoms with van der Waals surface area (Å²) in [6.45, 7) is 1.92. The molecule has 0 amide bonds. The number of hydrogen-bond donors (Lipinski definition) is 2. The van der Waals surface area contributed by atoms with Gasteiger partial charge in [-0.05, 0) is 18.1 Å². The van der Waals surface area contributed by atoms with E-state index >= 15 is 0 Å². The molecule has 0 saturated carbocycles. The average molecular weight is 382 g/mol. The van der Waals surface area contributed by atoms with Gasteiger partial charge in [0.15, 0.2) is 5.82 Å². The fourth-order valence-electron chi connectivity index (χ4n) is 2.52. The summed E-state index contributed by atoms with van der Waals surface area (Å²) >= 11 is 5.82. The van der Waals surface area contributed by atoms with Crippen LogP contribution in [-0.2, 0) is 9.53 Å². The van der Waals surface area contributed by atoms with Gasteiger partial charge in [-0.15, -0.1) is 0 Å². The molecule has 140 valence electrons. The zero-order chi connectivity index (χ0) is 19.3. The van der Waals surface area contributed by atoms with Crippen molar-refractivity contribution in [2.75, 3.05) is 20.7 Å². The molecule has 2 rings (SSSR count). The SMILES string of the molecule is CCC(NC1=C([N+](=O)[O-])CN/C(=C\C(=O)OC)N1C)c1ccc(Cl)nc1. The van der Waals surface area contributed by atoms with Crippen molar-refractivity contribution in [2.24, 2.45) is 0 Å². The number of esters is 1. The summed E-state index contributed by atoms with van der Waals surface area (Å²) in [5.41, 5.74) is 0.812. The molecule has 1 aliphatic heterocycles. The molecule has 0 saturated heterocycles. The second-order valence-electron chi connectivity index (χ2n) is 5.54. The van der Waals surface area contributed by atoms with Crippen LogP contribution < -0.4 is 10.6 Å². The van der Waals surface area contributed by atoms with Crippen molar-refractivity contribution >= 4 is 17.6 Å². The van der Waals surface area contributed by atoms with E-state index in [-0.39, 0.29) is 18.3 Å². The lowest BCUT2D eigenvalue weighted by Gasteiger charge is -2.32. The molecule has 10 heteroatoms. The zero-order valence-electron chi connectivity index (χ0n) is 14.7. The Bertz CT molecular complexity index is 748. The van der Waals surface area contributed by atoms with Crippen molar-refractivity contribution in [1.29, 1.82) is 0 Å². The Morgan fingerprint density at radius 1 is 1.62 bits per heavy atom. The molecular formula is C16H20ClN5O4. The van der Waals surface area contributed by atoms with Crippen molar-refractivity contribution in [3.63, 3.8) is 0 Å². The Morgan fingerprint density at radius 3 is 2.88 bits per heavy atom. The number of nitro groups is 1. The van der Waals surface area contributed by atoms with Crippen LogP contribution in [0.15, 0.2) is 41.7 Å². The predicted molar refractivity (Wildman–Crippen MR) is 95.3 cm³/mol. The number of nitrogens with zero attached hydrogens (tertiary/aromatic N) is 3. The maximum Gasteiger partial charge on any atom is 0.334 e. The van der Waals surface area contributed by atoms with Gasteiger partial charge in [-0.25, -0.2) is 9.78 Å². The predicted octanol–water partition coefficient (Wildman–Crippen LogP) is 1.77. The van der Waals surface area contributed by atoms with Gasteiger partial charge in [0.05, 0.1) is 24.2 Å². The first-order valence-corrected chi connectivity index (χ1v) is 8.27. The number of pyridine rings is 1. The van der Waals surface area contributed by atoms with Crippen molar-refractivity contribution in [3.8, 4) is 0 Å². The van der Waals surface area contributed by atoms with Gasteiger partial charge in [-0.2, -0.15) is 0 Å². The molecule has 0 aliphatic carbocycles. The summed E-state index contributed by atoms with van der Waals surface area (Å²) < 4.78 is 4.62. The number of halogens is 1. The second-order valence-corrected chi connectivity index (χ2v) is 5.92. The largest absolute Gasteiger partial charge is 0.466 e. The van der Waals surface area contributed by atoms with E-state index in [1.165, 1.54) is 18.1 Å². The quantitative estimate of drug-likeness (QED) is 0.252. The van der Waals surface area contributed by atoms with Gasteiger partial charge < -0.3 is 20.3 Å². The Morgan fingerprint density at radius 2 is 2.35 bits per heavy atom. The highest BCUT2D eigenvalue weighted by molar-refractivity contribution is 6.29. The second kappa shape index (κ2) is 8.52. The summed E-state index contributed by atoms with van der Waals surface area (Å²) in [6, 6.07) is 3.26. The monoisotopic (exact) mass is 381 g/mol. The fourth-order valence-corrected chi connectivity index (χ4v) is 2.63. The van der Waals surface area contributed by atoms with Gasteiger partial charge in [0, 0.05) is 13.2 Å². The number of carbonyl (C=O) groups is 1. The molecular weight excluding hydrogens is 362 g/mol. The number of carbonyl (C=O) groups excluding carboxylic acids is 1. The smallest absolute Gasteiger partial charge is 0.334 e. The summed E-state index contributed by atoms with van der Waals surface area (Å²) in [7, 11) is 2.89. The van der Waals surface area contributed by atoms with Crippen LogP contribution in [0.25, 0.3) is 0 Å². The van der Waals surface area contributed by atoms with E-state index in [2.05, 4.69) is 20.4 Å². The first kappa shape index (κ1) is 19.5. The molecule has 1 aromatic rings. The van der Waals surface area contributed by atoms with Crippen molar-refractivity contribution in [3.05, 3.63) is 62.6 Å². The minimum absolute atomic E-state index is 0.0300. The minimum atomic E-state index is -0.558. The van der Waals surface area contributed by atoms with E-state index in [1.807, 2.05) is 13.0 Å². The third-order valence-corrected chi connectivity index (χ3v) is 4.18. The average Bonchev–Trinajstić information content (AvgIpc) is 2.62. The van der Waals surface area contributed by atoms with Crippen LogP contribution in [0.2, 0.25) is 5.15 Å². The van der Waals surface area contributed by atoms with Crippen LogP contribution in [0, 0.1) is 10.1 Å². The highest BCUT2D eigenvalue weighted by Gasteiger charge is 2.31. The first-order valence-electron chi connectivity index (χ1n) is 7.90. The molecule has 9 nitrogen and oxygen atoms in total.